The molecule has 1 aromatic heterocycles. The zero-order valence-electron chi connectivity index (χ0n) is 10.4. The van der Waals surface area contributed by atoms with Crippen molar-refractivity contribution in [2.45, 2.75) is 25.9 Å². The van der Waals surface area contributed by atoms with Crippen LogP contribution >= 0.6 is 24.8 Å². The molecule has 0 bridgehead atoms. The molecule has 5 nitrogen and oxygen atoms in total. The smallest absolute Gasteiger partial charge is 0.224 e. The first-order valence-electron chi connectivity index (χ1n) is 5.75. The topological polar surface area (TPSA) is 50.2 Å². The third-order valence-electron chi connectivity index (χ3n) is 2.94. The Balaban J connectivity index is 0.00000144. The van der Waals surface area contributed by atoms with E-state index in [-0.39, 0.29) is 30.7 Å². The Morgan fingerprint density at radius 1 is 1.50 bits per heavy atom. The van der Waals surface area contributed by atoms with Gasteiger partial charge in [0.2, 0.25) is 5.91 Å². The van der Waals surface area contributed by atoms with Crippen molar-refractivity contribution in [1.82, 2.24) is 20.0 Å². The van der Waals surface area contributed by atoms with Gasteiger partial charge in [0, 0.05) is 51.0 Å². The first-order chi connectivity index (χ1) is 7.77. The van der Waals surface area contributed by atoms with Crippen LogP contribution in [0.3, 0.4) is 0 Å². The van der Waals surface area contributed by atoms with E-state index in [1.807, 2.05) is 17.2 Å². The Labute approximate surface area is 120 Å². The summed E-state index contributed by atoms with van der Waals surface area (Å²) in [5.74, 6) is 0.226. The Morgan fingerprint density at radius 3 is 2.89 bits per heavy atom. The summed E-state index contributed by atoms with van der Waals surface area (Å²) in [4.78, 5) is 13.9. The molecular weight excluding hydrogens is 275 g/mol. The van der Waals surface area contributed by atoms with Crippen LogP contribution in [0.5, 0.6) is 0 Å². The van der Waals surface area contributed by atoms with Crippen molar-refractivity contribution in [2.75, 3.05) is 19.6 Å². The molecule has 1 saturated heterocycles. The van der Waals surface area contributed by atoms with Gasteiger partial charge in [-0.25, -0.2) is 0 Å². The number of piperazine rings is 1. The first kappa shape index (κ1) is 17.2. The van der Waals surface area contributed by atoms with Gasteiger partial charge >= 0.3 is 0 Å². The zero-order chi connectivity index (χ0) is 11.4. The summed E-state index contributed by atoms with van der Waals surface area (Å²) in [5.41, 5.74) is 0. The van der Waals surface area contributed by atoms with Gasteiger partial charge in [-0.3, -0.25) is 9.48 Å². The monoisotopic (exact) mass is 294 g/mol. The lowest BCUT2D eigenvalue weighted by molar-refractivity contribution is -0.134. The molecule has 1 atom stereocenters. The summed E-state index contributed by atoms with van der Waals surface area (Å²) in [6.07, 6.45) is 4.15. The molecule has 0 aliphatic carbocycles. The SMILES string of the molecule is C[C@@H]1CNCCN1C(=O)CCn1cccn1.Cl.Cl. The van der Waals surface area contributed by atoms with Crippen molar-refractivity contribution in [1.29, 1.82) is 0 Å². The lowest BCUT2D eigenvalue weighted by atomic mass is 10.2. The van der Waals surface area contributed by atoms with Crippen LogP contribution in [-0.2, 0) is 11.3 Å². The second-order valence-corrected chi connectivity index (χ2v) is 4.16. The fourth-order valence-electron chi connectivity index (χ4n) is 2.00. The Bertz CT molecular complexity index is 345. The summed E-state index contributed by atoms with van der Waals surface area (Å²) in [5, 5.41) is 7.36. The number of carbonyl (C=O) groups is 1. The molecule has 0 aromatic carbocycles. The highest BCUT2D eigenvalue weighted by molar-refractivity contribution is 5.85. The zero-order valence-corrected chi connectivity index (χ0v) is 12.0. The van der Waals surface area contributed by atoms with E-state index in [4.69, 9.17) is 0 Å². The van der Waals surface area contributed by atoms with E-state index in [0.29, 0.717) is 19.0 Å². The van der Waals surface area contributed by atoms with Crippen LogP contribution in [0.2, 0.25) is 0 Å². The summed E-state index contributed by atoms with van der Waals surface area (Å²) >= 11 is 0. The summed E-state index contributed by atoms with van der Waals surface area (Å²) in [6, 6.07) is 2.18. The van der Waals surface area contributed by atoms with E-state index < -0.39 is 0 Å². The Kier molecular flexibility index (Phi) is 7.98. The van der Waals surface area contributed by atoms with Gasteiger partial charge in [0.25, 0.3) is 0 Å². The minimum atomic E-state index is 0. The fourth-order valence-corrected chi connectivity index (χ4v) is 2.00. The van der Waals surface area contributed by atoms with Gasteiger partial charge in [0.1, 0.15) is 0 Å². The molecular formula is C11H20Cl2N4O. The Hall–Kier alpha value is -0.780. The highest BCUT2D eigenvalue weighted by Gasteiger charge is 2.22. The summed E-state index contributed by atoms with van der Waals surface area (Å²) in [6.45, 7) is 5.37. The van der Waals surface area contributed by atoms with Crippen LogP contribution < -0.4 is 5.32 Å². The minimum Gasteiger partial charge on any atom is -0.337 e. The van der Waals surface area contributed by atoms with E-state index in [1.54, 1.807) is 10.9 Å². The highest BCUT2D eigenvalue weighted by atomic mass is 35.5. The van der Waals surface area contributed by atoms with E-state index in [2.05, 4.69) is 17.3 Å². The molecule has 1 aliphatic rings. The molecule has 0 radical (unpaired) electrons. The van der Waals surface area contributed by atoms with Crippen molar-refractivity contribution in [3.8, 4) is 0 Å². The second kappa shape index (κ2) is 8.34. The second-order valence-electron chi connectivity index (χ2n) is 4.16. The predicted octanol–water partition coefficient (Wildman–Crippen LogP) is 0.937. The van der Waals surface area contributed by atoms with Crippen molar-refractivity contribution in [3.05, 3.63) is 18.5 Å². The van der Waals surface area contributed by atoms with Gasteiger partial charge in [0.05, 0.1) is 0 Å². The molecule has 2 heterocycles. The molecule has 1 fully saturated rings. The molecule has 104 valence electrons. The molecule has 1 aromatic rings. The van der Waals surface area contributed by atoms with Gasteiger partial charge < -0.3 is 10.2 Å². The number of aromatic nitrogens is 2. The number of carbonyl (C=O) groups excluding carboxylic acids is 1. The standard InChI is InChI=1S/C11H18N4O.2ClH/c1-10-9-12-5-8-15(10)11(16)3-7-14-6-2-4-13-14;;/h2,4,6,10,12H,3,5,7-9H2,1H3;2*1H/t10-;;/m1../s1. The van der Waals surface area contributed by atoms with Crippen LogP contribution in [0.25, 0.3) is 0 Å². The molecule has 2 rings (SSSR count). The van der Waals surface area contributed by atoms with Crippen LogP contribution in [0, 0.1) is 0 Å². The van der Waals surface area contributed by atoms with Crippen LogP contribution in [0.4, 0.5) is 0 Å². The fraction of sp³-hybridized carbons (Fsp3) is 0.636. The third kappa shape index (κ3) is 4.48. The van der Waals surface area contributed by atoms with Crippen LogP contribution in [-0.4, -0.2) is 46.3 Å². The number of hydrogen-bond donors (Lipinski definition) is 1. The highest BCUT2D eigenvalue weighted by Crippen LogP contribution is 2.05. The third-order valence-corrected chi connectivity index (χ3v) is 2.94. The van der Waals surface area contributed by atoms with Crippen molar-refractivity contribution in [3.63, 3.8) is 0 Å². The molecule has 1 amide bonds. The minimum absolute atomic E-state index is 0. The number of hydrogen-bond acceptors (Lipinski definition) is 3. The maximum Gasteiger partial charge on any atom is 0.224 e. The maximum atomic E-state index is 12.0. The van der Waals surface area contributed by atoms with E-state index in [0.717, 1.165) is 19.6 Å². The van der Waals surface area contributed by atoms with Crippen LogP contribution in [0.15, 0.2) is 18.5 Å². The average Bonchev–Trinajstić information content (AvgIpc) is 2.79. The summed E-state index contributed by atoms with van der Waals surface area (Å²) < 4.78 is 1.80. The van der Waals surface area contributed by atoms with Crippen LogP contribution in [0.1, 0.15) is 13.3 Å². The molecule has 1 N–H and O–H groups in total. The van der Waals surface area contributed by atoms with Crippen molar-refractivity contribution in [2.24, 2.45) is 0 Å². The lowest BCUT2D eigenvalue weighted by Gasteiger charge is -2.34. The number of amides is 1. The normalized spacial score (nSPS) is 18.7. The molecule has 18 heavy (non-hydrogen) atoms. The molecule has 7 heteroatoms. The van der Waals surface area contributed by atoms with Gasteiger partial charge in [-0.15, -0.1) is 24.8 Å². The Morgan fingerprint density at radius 2 is 2.28 bits per heavy atom. The van der Waals surface area contributed by atoms with Gasteiger partial charge in [-0.1, -0.05) is 0 Å². The van der Waals surface area contributed by atoms with Gasteiger partial charge in [-0.2, -0.15) is 5.10 Å². The number of rotatable bonds is 3. The van der Waals surface area contributed by atoms with E-state index in [9.17, 15) is 4.79 Å². The van der Waals surface area contributed by atoms with E-state index in [1.165, 1.54) is 0 Å². The summed E-state index contributed by atoms with van der Waals surface area (Å²) in [7, 11) is 0. The molecule has 0 spiro atoms. The molecule has 1 aliphatic heterocycles. The van der Waals surface area contributed by atoms with Crippen molar-refractivity contribution < 1.29 is 4.79 Å². The van der Waals surface area contributed by atoms with Gasteiger partial charge in [-0.05, 0) is 13.0 Å². The lowest BCUT2D eigenvalue weighted by Crippen LogP contribution is -2.52. The number of aryl methyl sites for hydroxylation is 1. The largest absolute Gasteiger partial charge is 0.337 e. The number of halogens is 2. The average molecular weight is 295 g/mol. The predicted molar refractivity (Wildman–Crippen MR) is 75.4 cm³/mol. The first-order valence-corrected chi connectivity index (χ1v) is 5.75. The molecule has 0 saturated carbocycles. The maximum absolute atomic E-state index is 12.0. The van der Waals surface area contributed by atoms with Crippen molar-refractivity contribution >= 4 is 30.7 Å². The number of nitrogens with one attached hydrogen (secondary N) is 1. The molecule has 0 unspecified atom stereocenters. The number of nitrogens with zero attached hydrogens (tertiary/aromatic N) is 3. The van der Waals surface area contributed by atoms with Gasteiger partial charge in [0.15, 0.2) is 0 Å². The quantitative estimate of drug-likeness (QED) is 0.903. The van der Waals surface area contributed by atoms with E-state index >= 15 is 0 Å².